The summed E-state index contributed by atoms with van der Waals surface area (Å²) in [6, 6.07) is 12.6. The average Bonchev–Trinajstić information content (AvgIpc) is 3.29. The monoisotopic (exact) mass is 532 g/mol. The lowest BCUT2D eigenvalue weighted by Crippen LogP contribution is -2.46. The standard InChI is InChI=1S/C26H26F6O3S/c1-2-17-4-3-5-21(23(17)24(35,26(30,31)32)15-25(27,28)29)22-11-10-20(36-22)9-7-16-6-8-18(13-33)19(12-16)14-34/h3-6,8,10-12,33-35H,2,7,9,13-15H2,1H3. The smallest absolute Gasteiger partial charge is 0.392 e. The minimum atomic E-state index is -5.55. The number of rotatable bonds is 9. The van der Waals surface area contributed by atoms with Crippen molar-refractivity contribution in [2.45, 2.75) is 63.8 Å². The highest BCUT2D eigenvalue weighted by Crippen LogP contribution is 2.50. The van der Waals surface area contributed by atoms with Crippen LogP contribution >= 0.6 is 11.3 Å². The summed E-state index contributed by atoms with van der Waals surface area (Å²) in [5.74, 6) is 0. The zero-order valence-electron chi connectivity index (χ0n) is 19.4. The number of alkyl halides is 6. The van der Waals surface area contributed by atoms with Crippen molar-refractivity contribution >= 4 is 11.3 Å². The first kappa shape index (κ1) is 28.2. The molecule has 0 bridgehead atoms. The molecule has 0 amide bonds. The lowest BCUT2D eigenvalue weighted by atomic mass is 9.81. The first-order valence-corrected chi connectivity index (χ1v) is 12.0. The van der Waals surface area contributed by atoms with Gasteiger partial charge in [-0.15, -0.1) is 11.3 Å². The van der Waals surface area contributed by atoms with Gasteiger partial charge in [0.1, 0.15) is 0 Å². The van der Waals surface area contributed by atoms with Gasteiger partial charge in [-0.05, 0) is 59.2 Å². The van der Waals surface area contributed by atoms with Gasteiger partial charge >= 0.3 is 12.4 Å². The first-order valence-electron chi connectivity index (χ1n) is 11.2. The highest BCUT2D eigenvalue weighted by Gasteiger charge is 2.61. The Balaban J connectivity index is 1.98. The summed E-state index contributed by atoms with van der Waals surface area (Å²) >= 11 is 1.15. The van der Waals surface area contributed by atoms with E-state index in [1.807, 2.05) is 6.07 Å². The SMILES string of the molecule is CCc1cccc(-c2ccc(CCc3ccc(CO)c(CO)c3)s2)c1C(O)(CC(F)(F)F)C(F)(F)F. The number of thiophene rings is 1. The zero-order valence-corrected chi connectivity index (χ0v) is 20.2. The molecule has 0 aliphatic rings. The summed E-state index contributed by atoms with van der Waals surface area (Å²) in [6.45, 7) is 1.08. The van der Waals surface area contributed by atoms with E-state index in [4.69, 9.17) is 0 Å². The molecule has 10 heteroatoms. The summed E-state index contributed by atoms with van der Waals surface area (Å²) in [6.07, 6.45) is -12.2. The van der Waals surface area contributed by atoms with E-state index in [1.165, 1.54) is 25.1 Å². The molecule has 3 nitrogen and oxygen atoms in total. The van der Waals surface area contributed by atoms with E-state index < -0.39 is 29.9 Å². The van der Waals surface area contributed by atoms with Crippen molar-refractivity contribution < 1.29 is 41.7 Å². The van der Waals surface area contributed by atoms with Crippen LogP contribution in [0.1, 0.15) is 46.0 Å². The Kier molecular flexibility index (Phi) is 8.55. The summed E-state index contributed by atoms with van der Waals surface area (Å²) in [7, 11) is 0. The van der Waals surface area contributed by atoms with E-state index in [-0.39, 0.29) is 30.8 Å². The first-order chi connectivity index (χ1) is 16.8. The van der Waals surface area contributed by atoms with Crippen LogP contribution in [0.2, 0.25) is 0 Å². The fourth-order valence-corrected chi connectivity index (χ4v) is 5.31. The predicted molar refractivity (Wildman–Crippen MR) is 125 cm³/mol. The van der Waals surface area contributed by atoms with E-state index >= 15 is 0 Å². The van der Waals surface area contributed by atoms with Crippen LogP contribution in [0, 0.1) is 0 Å². The Morgan fingerprint density at radius 3 is 2.08 bits per heavy atom. The molecule has 0 saturated heterocycles. The van der Waals surface area contributed by atoms with E-state index in [0.717, 1.165) is 21.8 Å². The Hall–Kier alpha value is -2.40. The minimum Gasteiger partial charge on any atom is -0.392 e. The van der Waals surface area contributed by atoms with Gasteiger partial charge in [0.05, 0.1) is 19.6 Å². The molecule has 1 unspecified atom stereocenters. The Morgan fingerprint density at radius 1 is 0.806 bits per heavy atom. The molecule has 0 spiro atoms. The third-order valence-electron chi connectivity index (χ3n) is 6.07. The Bertz CT molecular complexity index is 1190. The molecule has 0 fully saturated rings. The maximum atomic E-state index is 14.0. The topological polar surface area (TPSA) is 60.7 Å². The van der Waals surface area contributed by atoms with Gasteiger partial charge in [0.2, 0.25) is 0 Å². The summed E-state index contributed by atoms with van der Waals surface area (Å²) in [4.78, 5) is 1.12. The molecule has 3 N–H and O–H groups in total. The van der Waals surface area contributed by atoms with Gasteiger partial charge in [-0.3, -0.25) is 0 Å². The molecular weight excluding hydrogens is 506 g/mol. The van der Waals surface area contributed by atoms with Crippen molar-refractivity contribution in [3.63, 3.8) is 0 Å². The van der Waals surface area contributed by atoms with Gasteiger partial charge < -0.3 is 15.3 Å². The number of benzene rings is 2. The summed E-state index contributed by atoms with van der Waals surface area (Å²) in [5.41, 5.74) is -2.85. The van der Waals surface area contributed by atoms with Gasteiger partial charge in [0, 0.05) is 15.3 Å². The number of aliphatic hydroxyl groups is 3. The van der Waals surface area contributed by atoms with Crippen molar-refractivity contribution in [2.75, 3.05) is 0 Å². The van der Waals surface area contributed by atoms with Gasteiger partial charge in [0.25, 0.3) is 0 Å². The Morgan fingerprint density at radius 2 is 1.50 bits per heavy atom. The molecule has 0 aliphatic carbocycles. The molecule has 3 aromatic rings. The molecule has 2 aromatic carbocycles. The second-order valence-electron chi connectivity index (χ2n) is 8.53. The maximum absolute atomic E-state index is 14.0. The largest absolute Gasteiger partial charge is 0.421 e. The molecule has 196 valence electrons. The second-order valence-corrected chi connectivity index (χ2v) is 9.70. The summed E-state index contributed by atoms with van der Waals surface area (Å²) < 4.78 is 81.6. The van der Waals surface area contributed by atoms with E-state index in [1.54, 1.807) is 24.3 Å². The number of hydrogen-bond donors (Lipinski definition) is 3. The second kappa shape index (κ2) is 10.9. The van der Waals surface area contributed by atoms with Crippen molar-refractivity contribution in [2.24, 2.45) is 0 Å². The van der Waals surface area contributed by atoms with Crippen molar-refractivity contribution in [3.05, 3.63) is 81.2 Å². The zero-order chi connectivity index (χ0) is 26.7. The van der Waals surface area contributed by atoms with Crippen LogP contribution in [0.15, 0.2) is 48.5 Å². The van der Waals surface area contributed by atoms with Gasteiger partial charge in [-0.25, -0.2) is 0 Å². The van der Waals surface area contributed by atoms with Crippen molar-refractivity contribution in [3.8, 4) is 10.4 Å². The van der Waals surface area contributed by atoms with E-state index in [9.17, 15) is 41.7 Å². The number of aryl methyl sites for hydroxylation is 3. The normalized spacial score (nSPS) is 14.2. The quantitative estimate of drug-likeness (QED) is 0.278. The fraction of sp³-hybridized carbons (Fsp3) is 0.385. The highest BCUT2D eigenvalue weighted by atomic mass is 32.1. The van der Waals surface area contributed by atoms with Crippen LogP contribution in [0.25, 0.3) is 10.4 Å². The summed E-state index contributed by atoms with van der Waals surface area (Å²) in [5, 5.41) is 29.4. The van der Waals surface area contributed by atoms with Crippen molar-refractivity contribution in [1.82, 2.24) is 0 Å². The molecule has 0 aliphatic heterocycles. The lowest BCUT2D eigenvalue weighted by Gasteiger charge is -2.34. The van der Waals surface area contributed by atoms with Gasteiger partial charge in [-0.1, -0.05) is 43.3 Å². The van der Waals surface area contributed by atoms with E-state index in [2.05, 4.69) is 0 Å². The highest BCUT2D eigenvalue weighted by molar-refractivity contribution is 7.15. The van der Waals surface area contributed by atoms with E-state index in [0.29, 0.717) is 28.8 Å². The fourth-order valence-electron chi connectivity index (χ4n) is 4.27. The molecule has 1 atom stereocenters. The molecule has 1 aromatic heterocycles. The molecule has 36 heavy (non-hydrogen) atoms. The average molecular weight is 533 g/mol. The number of aliphatic hydroxyl groups excluding tert-OH is 2. The predicted octanol–water partition coefficient (Wildman–Crippen LogP) is 6.45. The molecule has 0 saturated carbocycles. The molecule has 1 heterocycles. The maximum Gasteiger partial charge on any atom is 0.421 e. The lowest BCUT2D eigenvalue weighted by molar-refractivity contribution is -0.300. The van der Waals surface area contributed by atoms with Crippen molar-refractivity contribution in [1.29, 1.82) is 0 Å². The van der Waals surface area contributed by atoms with Crippen LogP contribution in [-0.2, 0) is 38.1 Å². The van der Waals surface area contributed by atoms with Gasteiger partial charge in [-0.2, -0.15) is 26.3 Å². The van der Waals surface area contributed by atoms with Crippen LogP contribution in [0.3, 0.4) is 0 Å². The number of hydrogen-bond acceptors (Lipinski definition) is 4. The molecule has 0 radical (unpaired) electrons. The Labute approximate surface area is 208 Å². The third kappa shape index (κ3) is 6.11. The van der Waals surface area contributed by atoms with Crippen LogP contribution < -0.4 is 0 Å². The van der Waals surface area contributed by atoms with Crippen LogP contribution in [0.5, 0.6) is 0 Å². The number of halogens is 6. The minimum absolute atomic E-state index is 0.00738. The van der Waals surface area contributed by atoms with Gasteiger partial charge in [0.15, 0.2) is 5.60 Å². The van der Waals surface area contributed by atoms with Crippen LogP contribution in [0.4, 0.5) is 26.3 Å². The van der Waals surface area contributed by atoms with Crippen LogP contribution in [-0.4, -0.2) is 27.7 Å². The molecule has 3 rings (SSSR count). The molecular formula is C26H26F6O3S. The third-order valence-corrected chi connectivity index (χ3v) is 7.25.